The summed E-state index contributed by atoms with van der Waals surface area (Å²) in [7, 11) is 0. The number of benzene rings is 1. The summed E-state index contributed by atoms with van der Waals surface area (Å²) in [6.45, 7) is 9.95. The molecular weight excluding hydrogens is 330 g/mol. The molecule has 1 atom stereocenters. The number of nitrogens with one attached hydrogen (secondary N) is 1. The Labute approximate surface area is 154 Å². The average molecular weight is 357 g/mol. The maximum absolute atomic E-state index is 12.3. The quantitative estimate of drug-likeness (QED) is 0.796. The van der Waals surface area contributed by atoms with Gasteiger partial charge in [0, 0.05) is 23.7 Å². The molecule has 2 aromatic rings. The number of amides is 1. The lowest BCUT2D eigenvalue weighted by Crippen LogP contribution is -2.36. The molecule has 6 nitrogen and oxygen atoms in total. The van der Waals surface area contributed by atoms with E-state index < -0.39 is 5.97 Å². The van der Waals surface area contributed by atoms with Crippen LogP contribution in [0.3, 0.4) is 0 Å². The fourth-order valence-corrected chi connectivity index (χ4v) is 2.73. The Bertz CT molecular complexity index is 791. The van der Waals surface area contributed by atoms with Crippen molar-refractivity contribution in [2.24, 2.45) is 5.92 Å². The van der Waals surface area contributed by atoms with Gasteiger partial charge in [-0.1, -0.05) is 13.8 Å². The van der Waals surface area contributed by atoms with E-state index in [1.807, 2.05) is 32.9 Å². The van der Waals surface area contributed by atoms with Crippen LogP contribution in [-0.4, -0.2) is 32.8 Å². The number of rotatable bonds is 7. The molecule has 0 bridgehead atoms. The fourth-order valence-electron chi connectivity index (χ4n) is 2.73. The lowest BCUT2D eigenvalue weighted by Gasteiger charge is -2.17. The van der Waals surface area contributed by atoms with Crippen molar-refractivity contribution in [3.63, 3.8) is 0 Å². The predicted octanol–water partition coefficient (Wildman–Crippen LogP) is 3.28. The minimum atomic E-state index is -0.817. The summed E-state index contributed by atoms with van der Waals surface area (Å²) in [5.41, 5.74) is 4.17. The highest BCUT2D eigenvalue weighted by atomic mass is 16.4. The van der Waals surface area contributed by atoms with Gasteiger partial charge in [0.1, 0.15) is 0 Å². The van der Waals surface area contributed by atoms with Gasteiger partial charge in [-0.15, -0.1) is 0 Å². The second kappa shape index (κ2) is 8.17. The maximum Gasteiger partial charge on any atom is 0.303 e. The van der Waals surface area contributed by atoms with E-state index >= 15 is 0 Å². The van der Waals surface area contributed by atoms with Crippen LogP contribution in [0.4, 0.5) is 0 Å². The molecule has 0 radical (unpaired) electrons. The molecule has 140 valence electrons. The van der Waals surface area contributed by atoms with Crippen molar-refractivity contribution in [1.82, 2.24) is 15.1 Å². The molecule has 2 N–H and O–H groups in total. The Kier molecular flexibility index (Phi) is 6.18. The van der Waals surface area contributed by atoms with E-state index in [0.717, 1.165) is 22.6 Å². The highest BCUT2D eigenvalue weighted by Gasteiger charge is 2.15. The Balaban J connectivity index is 2.19. The Morgan fingerprint density at radius 1 is 1.15 bits per heavy atom. The molecule has 1 amide bonds. The highest BCUT2D eigenvalue weighted by Crippen LogP contribution is 2.20. The Morgan fingerprint density at radius 2 is 1.77 bits per heavy atom. The SMILES string of the molecule is Cc1nn(-c2ccc(C(=O)NC(C)C(C)C)cc2)c(C)c1CCC(=O)O. The monoisotopic (exact) mass is 357 g/mol. The van der Waals surface area contributed by atoms with Gasteiger partial charge in [0.2, 0.25) is 0 Å². The van der Waals surface area contributed by atoms with Crippen LogP contribution in [0.5, 0.6) is 0 Å². The summed E-state index contributed by atoms with van der Waals surface area (Å²) in [5.74, 6) is -0.534. The van der Waals surface area contributed by atoms with Crippen LogP contribution in [0.2, 0.25) is 0 Å². The van der Waals surface area contributed by atoms with Gasteiger partial charge in [0.25, 0.3) is 5.91 Å². The molecule has 0 aliphatic rings. The van der Waals surface area contributed by atoms with Crippen molar-refractivity contribution in [2.45, 2.75) is 53.5 Å². The smallest absolute Gasteiger partial charge is 0.303 e. The summed E-state index contributed by atoms with van der Waals surface area (Å²) in [6.07, 6.45) is 0.543. The maximum atomic E-state index is 12.3. The third kappa shape index (κ3) is 4.50. The molecule has 0 saturated heterocycles. The third-order valence-corrected chi connectivity index (χ3v) is 4.76. The van der Waals surface area contributed by atoms with E-state index in [2.05, 4.69) is 24.3 Å². The van der Waals surface area contributed by atoms with Gasteiger partial charge in [0.15, 0.2) is 0 Å². The average Bonchev–Trinajstić information content (AvgIpc) is 2.87. The second-order valence-corrected chi connectivity index (χ2v) is 7.01. The summed E-state index contributed by atoms with van der Waals surface area (Å²) >= 11 is 0. The largest absolute Gasteiger partial charge is 0.481 e. The zero-order valence-corrected chi connectivity index (χ0v) is 16.0. The van der Waals surface area contributed by atoms with E-state index in [1.165, 1.54) is 0 Å². The van der Waals surface area contributed by atoms with Crippen molar-refractivity contribution in [3.8, 4) is 5.69 Å². The molecule has 0 aliphatic heterocycles. The fraction of sp³-hybridized carbons (Fsp3) is 0.450. The summed E-state index contributed by atoms with van der Waals surface area (Å²) < 4.78 is 1.80. The Morgan fingerprint density at radius 3 is 2.31 bits per heavy atom. The standard InChI is InChI=1S/C20H27N3O3/c1-12(2)13(3)21-20(26)16-6-8-17(9-7-16)23-15(5)18(14(4)22-23)10-11-19(24)25/h6-9,12-13H,10-11H2,1-5H3,(H,21,26)(H,24,25). The molecular formula is C20H27N3O3. The molecule has 1 aromatic heterocycles. The van der Waals surface area contributed by atoms with Crippen LogP contribution in [-0.2, 0) is 11.2 Å². The van der Waals surface area contributed by atoms with Gasteiger partial charge in [-0.05, 0) is 62.9 Å². The normalized spacial score (nSPS) is 12.2. The van der Waals surface area contributed by atoms with Crippen molar-refractivity contribution in [1.29, 1.82) is 0 Å². The lowest BCUT2D eigenvalue weighted by molar-refractivity contribution is -0.136. The van der Waals surface area contributed by atoms with Crippen LogP contribution in [0, 0.1) is 19.8 Å². The first-order chi connectivity index (χ1) is 12.2. The number of carbonyl (C=O) groups is 2. The van der Waals surface area contributed by atoms with Gasteiger partial charge in [-0.2, -0.15) is 5.10 Å². The number of aromatic nitrogens is 2. The van der Waals surface area contributed by atoms with Crippen molar-refractivity contribution in [3.05, 3.63) is 46.8 Å². The number of aliphatic carboxylic acids is 1. The number of hydrogen-bond acceptors (Lipinski definition) is 3. The van der Waals surface area contributed by atoms with Gasteiger partial charge in [-0.25, -0.2) is 4.68 Å². The van der Waals surface area contributed by atoms with Crippen molar-refractivity contribution >= 4 is 11.9 Å². The number of carbonyl (C=O) groups excluding carboxylic acids is 1. The van der Waals surface area contributed by atoms with Gasteiger partial charge in [0.05, 0.1) is 11.4 Å². The highest BCUT2D eigenvalue weighted by molar-refractivity contribution is 5.94. The van der Waals surface area contributed by atoms with Gasteiger partial charge >= 0.3 is 5.97 Å². The first kappa shape index (κ1) is 19.7. The third-order valence-electron chi connectivity index (χ3n) is 4.76. The van der Waals surface area contributed by atoms with Crippen LogP contribution in [0.25, 0.3) is 5.69 Å². The summed E-state index contributed by atoms with van der Waals surface area (Å²) in [6, 6.07) is 7.39. The summed E-state index contributed by atoms with van der Waals surface area (Å²) in [5, 5.41) is 16.4. The number of nitrogens with zero attached hydrogens (tertiary/aromatic N) is 2. The molecule has 1 aromatic carbocycles. The van der Waals surface area contributed by atoms with E-state index in [9.17, 15) is 9.59 Å². The van der Waals surface area contributed by atoms with Crippen molar-refractivity contribution < 1.29 is 14.7 Å². The van der Waals surface area contributed by atoms with E-state index in [-0.39, 0.29) is 18.4 Å². The van der Waals surface area contributed by atoms with Gasteiger partial charge < -0.3 is 10.4 Å². The molecule has 1 unspecified atom stereocenters. The molecule has 0 saturated carbocycles. The zero-order chi connectivity index (χ0) is 19.4. The number of hydrogen-bond donors (Lipinski definition) is 2. The van der Waals surface area contributed by atoms with E-state index in [4.69, 9.17) is 5.11 Å². The topological polar surface area (TPSA) is 84.2 Å². The molecule has 0 aliphatic carbocycles. The number of carboxylic acids is 1. The first-order valence-electron chi connectivity index (χ1n) is 8.89. The van der Waals surface area contributed by atoms with Crippen LogP contribution >= 0.6 is 0 Å². The first-order valence-corrected chi connectivity index (χ1v) is 8.89. The molecule has 1 heterocycles. The minimum Gasteiger partial charge on any atom is -0.481 e. The molecule has 0 fully saturated rings. The molecule has 6 heteroatoms. The van der Waals surface area contributed by atoms with Gasteiger partial charge in [-0.3, -0.25) is 9.59 Å². The van der Waals surface area contributed by atoms with E-state index in [1.54, 1.807) is 16.8 Å². The Hall–Kier alpha value is -2.63. The second-order valence-electron chi connectivity index (χ2n) is 7.01. The number of carboxylic acid groups (broad SMARTS) is 1. The molecule has 26 heavy (non-hydrogen) atoms. The predicted molar refractivity (Wildman–Crippen MR) is 101 cm³/mol. The zero-order valence-electron chi connectivity index (χ0n) is 16.0. The van der Waals surface area contributed by atoms with Crippen molar-refractivity contribution in [2.75, 3.05) is 0 Å². The molecule has 0 spiro atoms. The number of aryl methyl sites for hydroxylation is 1. The summed E-state index contributed by atoms with van der Waals surface area (Å²) in [4.78, 5) is 23.1. The lowest BCUT2D eigenvalue weighted by atomic mass is 10.1. The van der Waals surface area contributed by atoms with Crippen LogP contribution in [0.1, 0.15) is 54.5 Å². The minimum absolute atomic E-state index is 0.0838. The van der Waals surface area contributed by atoms with Crippen LogP contribution < -0.4 is 5.32 Å². The van der Waals surface area contributed by atoms with Crippen LogP contribution in [0.15, 0.2) is 24.3 Å². The molecule has 2 rings (SSSR count). The van der Waals surface area contributed by atoms with E-state index in [0.29, 0.717) is 17.9 Å².